The van der Waals surface area contributed by atoms with E-state index >= 15 is 0 Å². The van der Waals surface area contributed by atoms with E-state index < -0.39 is 11.6 Å². The topological polar surface area (TPSA) is 115 Å². The normalized spacial score (nSPS) is 18.4. The van der Waals surface area contributed by atoms with Crippen LogP contribution in [0.15, 0.2) is 36.5 Å². The Kier molecular flexibility index (Phi) is 6.49. The van der Waals surface area contributed by atoms with Crippen LogP contribution in [-0.2, 0) is 4.79 Å². The first kappa shape index (κ1) is 23.0. The van der Waals surface area contributed by atoms with Crippen molar-refractivity contribution in [3.8, 4) is 17.1 Å². The first-order chi connectivity index (χ1) is 17.0. The first-order valence-electron chi connectivity index (χ1n) is 11.7. The molecule has 1 amide bonds. The van der Waals surface area contributed by atoms with E-state index in [0.717, 1.165) is 54.1 Å². The number of allylic oxidation sites excluding steroid dienone is 1. The second kappa shape index (κ2) is 9.87. The average Bonchev–Trinajstić information content (AvgIpc) is 3.48. The van der Waals surface area contributed by atoms with Crippen LogP contribution in [0.5, 0.6) is 0 Å². The summed E-state index contributed by atoms with van der Waals surface area (Å²) in [6, 6.07) is 5.85. The SMILES string of the molecule is Nc1ncc(C2=CCN(C(=O)C[C@@H]3CCCN3)CCC2)cc1-c1nnnn1-c1cccc(F)c1F. The van der Waals surface area contributed by atoms with Crippen molar-refractivity contribution >= 4 is 17.3 Å². The van der Waals surface area contributed by atoms with E-state index in [0.29, 0.717) is 25.1 Å². The monoisotopic (exact) mass is 480 g/mol. The molecule has 0 bridgehead atoms. The van der Waals surface area contributed by atoms with Crippen molar-refractivity contribution in [2.75, 3.05) is 25.4 Å². The van der Waals surface area contributed by atoms with Gasteiger partial charge in [0.2, 0.25) is 5.91 Å². The van der Waals surface area contributed by atoms with Crippen LogP contribution in [-0.4, -0.2) is 61.7 Å². The van der Waals surface area contributed by atoms with E-state index in [4.69, 9.17) is 5.73 Å². The van der Waals surface area contributed by atoms with E-state index in [-0.39, 0.29) is 29.3 Å². The molecule has 3 N–H and O–H groups in total. The zero-order valence-electron chi connectivity index (χ0n) is 19.1. The van der Waals surface area contributed by atoms with Gasteiger partial charge in [-0.25, -0.2) is 13.8 Å². The van der Waals surface area contributed by atoms with E-state index in [1.165, 1.54) is 12.1 Å². The summed E-state index contributed by atoms with van der Waals surface area (Å²) < 4.78 is 29.3. The third-order valence-corrected chi connectivity index (χ3v) is 6.53. The van der Waals surface area contributed by atoms with Crippen LogP contribution in [0.25, 0.3) is 22.6 Å². The molecule has 182 valence electrons. The lowest BCUT2D eigenvalue weighted by atomic mass is 10.0. The minimum Gasteiger partial charge on any atom is -0.383 e. The number of nitrogen functional groups attached to an aromatic ring is 1. The van der Waals surface area contributed by atoms with Crippen LogP contribution in [0.3, 0.4) is 0 Å². The molecule has 1 saturated heterocycles. The summed E-state index contributed by atoms with van der Waals surface area (Å²) in [7, 11) is 0. The molecular weight excluding hydrogens is 454 g/mol. The highest BCUT2D eigenvalue weighted by Crippen LogP contribution is 2.30. The number of nitrogens with one attached hydrogen (secondary N) is 1. The number of nitrogens with two attached hydrogens (primary N) is 1. The van der Waals surface area contributed by atoms with Crippen LogP contribution in [0.2, 0.25) is 0 Å². The maximum Gasteiger partial charge on any atom is 0.224 e. The minimum atomic E-state index is -1.06. The number of hydrogen-bond acceptors (Lipinski definition) is 7. The van der Waals surface area contributed by atoms with Gasteiger partial charge in [-0.2, -0.15) is 4.68 Å². The lowest BCUT2D eigenvalue weighted by molar-refractivity contribution is -0.131. The number of aromatic nitrogens is 5. The molecule has 2 aromatic heterocycles. The van der Waals surface area contributed by atoms with Gasteiger partial charge >= 0.3 is 0 Å². The van der Waals surface area contributed by atoms with Gasteiger partial charge in [0.05, 0.1) is 5.56 Å². The molecule has 35 heavy (non-hydrogen) atoms. The molecule has 2 aliphatic rings. The van der Waals surface area contributed by atoms with Crippen molar-refractivity contribution in [3.63, 3.8) is 0 Å². The fraction of sp³-hybridized carbons (Fsp3) is 0.375. The van der Waals surface area contributed by atoms with Gasteiger partial charge in [-0.1, -0.05) is 12.1 Å². The number of hydrogen-bond donors (Lipinski definition) is 2. The Morgan fingerprint density at radius 2 is 2.14 bits per heavy atom. The van der Waals surface area contributed by atoms with E-state index in [1.807, 2.05) is 11.0 Å². The van der Waals surface area contributed by atoms with Crippen molar-refractivity contribution in [1.82, 2.24) is 35.4 Å². The zero-order chi connectivity index (χ0) is 24.4. The number of rotatable bonds is 5. The molecule has 0 radical (unpaired) electrons. The third-order valence-electron chi connectivity index (χ3n) is 6.53. The molecule has 11 heteroatoms. The van der Waals surface area contributed by atoms with Crippen molar-refractivity contribution in [1.29, 1.82) is 0 Å². The van der Waals surface area contributed by atoms with Crippen molar-refractivity contribution in [2.24, 2.45) is 0 Å². The number of halogens is 2. The van der Waals surface area contributed by atoms with Crippen LogP contribution < -0.4 is 11.1 Å². The molecule has 1 fully saturated rings. The Morgan fingerprint density at radius 3 is 2.97 bits per heavy atom. The maximum atomic E-state index is 14.4. The standard InChI is InChI=1S/C24H26F2N8O/c25-19-6-1-7-20(22(19)26)34-24(30-31-32-34)18-12-16(14-29-23(18)27)15-4-3-10-33(11-8-15)21(35)13-17-5-2-9-28-17/h1,6-8,12,14,17,28H,2-5,9-11,13H2,(H2,27,29)/t17-/m0/s1. The molecule has 9 nitrogen and oxygen atoms in total. The Balaban J connectivity index is 1.40. The van der Waals surface area contributed by atoms with Crippen molar-refractivity contribution < 1.29 is 13.6 Å². The number of carbonyl (C=O) groups excluding carboxylic acids is 1. The highest BCUT2D eigenvalue weighted by Gasteiger charge is 2.23. The van der Waals surface area contributed by atoms with Gasteiger partial charge in [-0.3, -0.25) is 4.79 Å². The predicted molar refractivity (Wildman–Crippen MR) is 126 cm³/mol. The Labute approximate surface area is 201 Å². The molecule has 0 spiro atoms. The molecule has 3 aromatic rings. The number of carbonyl (C=O) groups is 1. The number of nitrogens with zero attached hydrogens (tertiary/aromatic N) is 6. The van der Waals surface area contributed by atoms with Gasteiger partial charge in [0.25, 0.3) is 0 Å². The average molecular weight is 481 g/mol. The fourth-order valence-electron chi connectivity index (χ4n) is 4.64. The summed E-state index contributed by atoms with van der Waals surface area (Å²) in [6.07, 6.45) is 7.97. The maximum absolute atomic E-state index is 14.4. The summed E-state index contributed by atoms with van der Waals surface area (Å²) in [6.45, 7) is 2.19. The zero-order valence-corrected chi connectivity index (χ0v) is 19.1. The summed E-state index contributed by atoms with van der Waals surface area (Å²) in [4.78, 5) is 19.0. The van der Waals surface area contributed by atoms with Gasteiger partial charge in [-0.05, 0) is 72.0 Å². The van der Waals surface area contributed by atoms with Gasteiger partial charge in [0.1, 0.15) is 11.5 Å². The number of benzene rings is 1. The largest absolute Gasteiger partial charge is 0.383 e. The smallest absolute Gasteiger partial charge is 0.224 e. The lowest BCUT2D eigenvalue weighted by Crippen LogP contribution is -2.36. The molecule has 0 aliphatic carbocycles. The van der Waals surface area contributed by atoms with Crippen LogP contribution >= 0.6 is 0 Å². The van der Waals surface area contributed by atoms with Crippen molar-refractivity contribution in [3.05, 3.63) is 53.7 Å². The summed E-state index contributed by atoms with van der Waals surface area (Å²) >= 11 is 0. The van der Waals surface area contributed by atoms with Gasteiger partial charge in [0, 0.05) is 31.7 Å². The minimum absolute atomic E-state index is 0.130. The molecule has 0 saturated carbocycles. The van der Waals surface area contributed by atoms with E-state index in [2.05, 4.69) is 25.8 Å². The number of anilines is 1. The van der Waals surface area contributed by atoms with E-state index in [1.54, 1.807) is 12.3 Å². The van der Waals surface area contributed by atoms with Crippen molar-refractivity contribution in [2.45, 2.75) is 38.1 Å². The molecule has 0 unspecified atom stereocenters. The predicted octanol–water partition coefficient (Wildman–Crippen LogP) is 2.73. The van der Waals surface area contributed by atoms with Crippen LogP contribution in [0.4, 0.5) is 14.6 Å². The summed E-state index contributed by atoms with van der Waals surface area (Å²) in [5.74, 6) is -1.59. The quantitative estimate of drug-likeness (QED) is 0.577. The third kappa shape index (κ3) is 4.76. The van der Waals surface area contributed by atoms with Gasteiger partial charge in [-0.15, -0.1) is 5.10 Å². The second-order valence-electron chi connectivity index (χ2n) is 8.81. The molecular formula is C24H26F2N8O. The number of tetrazole rings is 1. The Bertz CT molecular complexity index is 1270. The fourth-order valence-corrected chi connectivity index (χ4v) is 4.64. The highest BCUT2D eigenvalue weighted by molar-refractivity contribution is 5.79. The molecule has 4 heterocycles. The summed E-state index contributed by atoms with van der Waals surface area (Å²) in [5, 5.41) is 14.9. The summed E-state index contributed by atoms with van der Waals surface area (Å²) in [5.41, 5.74) is 8.25. The van der Waals surface area contributed by atoms with Crippen LogP contribution in [0.1, 0.15) is 37.7 Å². The highest BCUT2D eigenvalue weighted by atomic mass is 19.2. The van der Waals surface area contributed by atoms with Crippen LogP contribution in [0, 0.1) is 11.6 Å². The molecule has 5 rings (SSSR count). The molecule has 1 atom stereocenters. The second-order valence-corrected chi connectivity index (χ2v) is 8.81. The Morgan fingerprint density at radius 1 is 1.26 bits per heavy atom. The van der Waals surface area contributed by atoms with E-state index in [9.17, 15) is 13.6 Å². The molecule has 1 aromatic carbocycles. The number of amides is 1. The number of pyridine rings is 1. The Hall–Kier alpha value is -3.73. The lowest BCUT2D eigenvalue weighted by Gasteiger charge is -2.21. The van der Waals surface area contributed by atoms with Gasteiger partial charge in [0.15, 0.2) is 17.5 Å². The first-order valence-corrected chi connectivity index (χ1v) is 11.7. The van der Waals surface area contributed by atoms with Gasteiger partial charge < -0.3 is 16.0 Å². The molecule has 2 aliphatic heterocycles.